The van der Waals surface area contributed by atoms with E-state index in [4.69, 9.17) is 0 Å². The molecule has 0 aliphatic heterocycles. The highest BCUT2D eigenvalue weighted by Gasteiger charge is 2.38. The summed E-state index contributed by atoms with van der Waals surface area (Å²) < 4.78 is 1.01. The van der Waals surface area contributed by atoms with Crippen LogP contribution in [0.4, 0.5) is 0 Å². The standard InChI is InChI=1S/C13H17BrO/c1-5-12(2,3)13(4,15)10-6-8-11(14)9-7-10/h5-9,15H,1H2,2-4H3/t13-/m1/s1. The zero-order valence-corrected chi connectivity index (χ0v) is 11.0. The van der Waals surface area contributed by atoms with Crippen molar-refractivity contribution in [3.05, 3.63) is 47.0 Å². The Bertz CT molecular complexity index is 349. The molecule has 1 N–H and O–H groups in total. The fourth-order valence-electron chi connectivity index (χ4n) is 1.35. The lowest BCUT2D eigenvalue weighted by molar-refractivity contribution is -0.0306. The smallest absolute Gasteiger partial charge is 0.0953 e. The molecule has 0 fully saturated rings. The van der Waals surface area contributed by atoms with Crippen LogP contribution in [0.15, 0.2) is 41.4 Å². The summed E-state index contributed by atoms with van der Waals surface area (Å²) in [6.45, 7) is 9.54. The van der Waals surface area contributed by atoms with Gasteiger partial charge in [-0.25, -0.2) is 0 Å². The average Bonchev–Trinajstić information content (AvgIpc) is 2.18. The van der Waals surface area contributed by atoms with Crippen molar-refractivity contribution >= 4 is 15.9 Å². The first-order chi connectivity index (χ1) is 6.81. The Morgan fingerprint density at radius 1 is 1.20 bits per heavy atom. The molecule has 0 spiro atoms. The predicted molar refractivity (Wildman–Crippen MR) is 67.7 cm³/mol. The highest BCUT2D eigenvalue weighted by Crippen LogP contribution is 2.40. The molecule has 0 saturated heterocycles. The van der Waals surface area contributed by atoms with Gasteiger partial charge in [0.25, 0.3) is 0 Å². The summed E-state index contributed by atoms with van der Waals surface area (Å²) in [5, 5.41) is 10.5. The maximum absolute atomic E-state index is 10.5. The van der Waals surface area contributed by atoms with Crippen LogP contribution in [-0.4, -0.2) is 5.11 Å². The zero-order chi connectivity index (χ0) is 11.7. The summed E-state index contributed by atoms with van der Waals surface area (Å²) in [7, 11) is 0. The summed E-state index contributed by atoms with van der Waals surface area (Å²) in [6.07, 6.45) is 1.79. The lowest BCUT2D eigenvalue weighted by Crippen LogP contribution is -2.37. The minimum Gasteiger partial charge on any atom is -0.385 e. The van der Waals surface area contributed by atoms with E-state index in [1.807, 2.05) is 45.0 Å². The number of hydrogen-bond acceptors (Lipinski definition) is 1. The number of rotatable bonds is 3. The van der Waals surface area contributed by atoms with Crippen molar-refractivity contribution in [2.75, 3.05) is 0 Å². The third kappa shape index (κ3) is 2.32. The van der Waals surface area contributed by atoms with E-state index in [1.54, 1.807) is 6.08 Å². The molecule has 2 heteroatoms. The molecule has 0 amide bonds. The summed E-state index contributed by atoms with van der Waals surface area (Å²) in [5.74, 6) is 0. The molecule has 0 aliphatic rings. The van der Waals surface area contributed by atoms with Crippen LogP contribution in [0.3, 0.4) is 0 Å². The fraction of sp³-hybridized carbons (Fsp3) is 0.385. The highest BCUT2D eigenvalue weighted by atomic mass is 79.9. The van der Waals surface area contributed by atoms with E-state index < -0.39 is 5.60 Å². The molecule has 0 bridgehead atoms. The van der Waals surface area contributed by atoms with E-state index in [0.717, 1.165) is 10.0 Å². The number of halogens is 1. The van der Waals surface area contributed by atoms with Crippen LogP contribution in [0.5, 0.6) is 0 Å². The van der Waals surface area contributed by atoms with Crippen LogP contribution >= 0.6 is 15.9 Å². The monoisotopic (exact) mass is 268 g/mol. The average molecular weight is 269 g/mol. The maximum atomic E-state index is 10.5. The van der Waals surface area contributed by atoms with Gasteiger partial charge >= 0.3 is 0 Å². The van der Waals surface area contributed by atoms with Crippen LogP contribution < -0.4 is 0 Å². The van der Waals surface area contributed by atoms with Crippen molar-refractivity contribution in [3.8, 4) is 0 Å². The van der Waals surface area contributed by atoms with Gasteiger partial charge in [0.2, 0.25) is 0 Å². The molecule has 0 heterocycles. The second kappa shape index (κ2) is 4.11. The fourth-order valence-corrected chi connectivity index (χ4v) is 1.61. The first-order valence-corrected chi connectivity index (χ1v) is 5.72. The Balaban J connectivity index is 3.16. The van der Waals surface area contributed by atoms with Crippen LogP contribution in [0, 0.1) is 5.41 Å². The van der Waals surface area contributed by atoms with Crippen LogP contribution in [0.1, 0.15) is 26.3 Å². The lowest BCUT2D eigenvalue weighted by Gasteiger charge is -2.38. The first kappa shape index (κ1) is 12.5. The summed E-state index contributed by atoms with van der Waals surface area (Å²) >= 11 is 3.38. The van der Waals surface area contributed by atoms with Crippen LogP contribution in [-0.2, 0) is 5.60 Å². The van der Waals surface area contributed by atoms with Crippen molar-refractivity contribution in [2.45, 2.75) is 26.4 Å². The largest absolute Gasteiger partial charge is 0.385 e. The Morgan fingerprint density at radius 3 is 2.07 bits per heavy atom. The molecule has 0 unspecified atom stereocenters. The van der Waals surface area contributed by atoms with Gasteiger partial charge in [-0.05, 0) is 24.6 Å². The second-order valence-electron chi connectivity index (χ2n) is 4.50. The molecule has 0 saturated carbocycles. The molecule has 1 aromatic carbocycles. The number of hydrogen-bond donors (Lipinski definition) is 1. The highest BCUT2D eigenvalue weighted by molar-refractivity contribution is 9.10. The van der Waals surface area contributed by atoms with Gasteiger partial charge in [-0.2, -0.15) is 0 Å². The molecule has 82 valence electrons. The molecule has 1 nitrogen and oxygen atoms in total. The van der Waals surface area contributed by atoms with Crippen molar-refractivity contribution in [1.82, 2.24) is 0 Å². The van der Waals surface area contributed by atoms with Gasteiger partial charge < -0.3 is 5.11 Å². The maximum Gasteiger partial charge on any atom is 0.0953 e. The predicted octanol–water partition coefficient (Wildman–Crippen LogP) is 3.87. The zero-order valence-electron chi connectivity index (χ0n) is 9.42. The molecule has 0 aromatic heterocycles. The third-order valence-electron chi connectivity index (χ3n) is 3.17. The van der Waals surface area contributed by atoms with Gasteiger partial charge in [0.05, 0.1) is 5.60 Å². The van der Waals surface area contributed by atoms with E-state index in [1.165, 1.54) is 0 Å². The van der Waals surface area contributed by atoms with Gasteiger partial charge in [-0.1, -0.05) is 48.0 Å². The molecular weight excluding hydrogens is 252 g/mol. The Kier molecular flexibility index (Phi) is 3.41. The molecule has 1 rings (SSSR count). The van der Waals surface area contributed by atoms with E-state index >= 15 is 0 Å². The van der Waals surface area contributed by atoms with E-state index in [-0.39, 0.29) is 5.41 Å². The van der Waals surface area contributed by atoms with E-state index in [9.17, 15) is 5.11 Å². The number of benzene rings is 1. The molecule has 0 aliphatic carbocycles. The molecule has 1 aromatic rings. The molecule has 0 radical (unpaired) electrons. The summed E-state index contributed by atoms with van der Waals surface area (Å²) in [6, 6.07) is 7.72. The van der Waals surface area contributed by atoms with Crippen LogP contribution in [0.25, 0.3) is 0 Å². The second-order valence-corrected chi connectivity index (χ2v) is 5.42. The quantitative estimate of drug-likeness (QED) is 0.826. The Morgan fingerprint density at radius 2 is 1.67 bits per heavy atom. The topological polar surface area (TPSA) is 20.2 Å². The van der Waals surface area contributed by atoms with Gasteiger partial charge in [0.15, 0.2) is 0 Å². The Hall–Kier alpha value is -0.600. The van der Waals surface area contributed by atoms with Gasteiger partial charge in [0.1, 0.15) is 0 Å². The molecular formula is C13H17BrO. The summed E-state index contributed by atoms with van der Waals surface area (Å²) in [4.78, 5) is 0. The van der Waals surface area contributed by atoms with Crippen molar-refractivity contribution in [2.24, 2.45) is 5.41 Å². The minimum absolute atomic E-state index is 0.360. The third-order valence-corrected chi connectivity index (χ3v) is 3.70. The van der Waals surface area contributed by atoms with E-state index in [2.05, 4.69) is 22.5 Å². The lowest BCUT2D eigenvalue weighted by atomic mass is 9.72. The van der Waals surface area contributed by atoms with Crippen molar-refractivity contribution in [3.63, 3.8) is 0 Å². The van der Waals surface area contributed by atoms with Gasteiger partial charge in [-0.3, -0.25) is 0 Å². The van der Waals surface area contributed by atoms with Crippen molar-refractivity contribution in [1.29, 1.82) is 0 Å². The van der Waals surface area contributed by atoms with Gasteiger partial charge in [-0.15, -0.1) is 6.58 Å². The van der Waals surface area contributed by atoms with Crippen LogP contribution in [0.2, 0.25) is 0 Å². The first-order valence-electron chi connectivity index (χ1n) is 4.93. The van der Waals surface area contributed by atoms with Crippen molar-refractivity contribution < 1.29 is 5.11 Å². The minimum atomic E-state index is -0.907. The van der Waals surface area contributed by atoms with Gasteiger partial charge in [0, 0.05) is 9.89 Å². The molecule has 15 heavy (non-hydrogen) atoms. The number of aliphatic hydroxyl groups is 1. The normalized spacial score (nSPS) is 15.8. The SMILES string of the molecule is C=CC(C)(C)[C@](C)(O)c1ccc(Br)cc1. The summed E-state index contributed by atoms with van der Waals surface area (Å²) in [5.41, 5.74) is -0.369. The molecule has 1 atom stereocenters. The Labute approximate surface area is 100.0 Å². The van der Waals surface area contributed by atoms with E-state index in [0.29, 0.717) is 0 Å².